The van der Waals surface area contributed by atoms with Crippen LogP contribution in [-0.2, 0) is 24.3 Å². The van der Waals surface area contributed by atoms with Gasteiger partial charge in [-0.05, 0) is 62.4 Å². The van der Waals surface area contributed by atoms with Crippen molar-refractivity contribution >= 4 is 39.1 Å². The van der Waals surface area contributed by atoms with Gasteiger partial charge >= 0.3 is 0 Å². The smallest absolute Gasteiger partial charge is 0.249 e. The van der Waals surface area contributed by atoms with Gasteiger partial charge in [0.2, 0.25) is 11.8 Å². The number of rotatable bonds is 5. The Bertz CT molecular complexity index is 1100. The Labute approximate surface area is 181 Å². The first-order valence-corrected chi connectivity index (χ1v) is 10.8. The van der Waals surface area contributed by atoms with E-state index in [0.29, 0.717) is 25.1 Å². The number of thiophene rings is 1. The van der Waals surface area contributed by atoms with E-state index in [-0.39, 0.29) is 5.91 Å². The number of carbonyl (C=O) groups is 2. The molecule has 0 radical (unpaired) electrons. The Morgan fingerprint density at radius 2 is 1.83 bits per heavy atom. The largest absolute Gasteiger partial charge is 0.366 e. The predicted octanol–water partition coefficient (Wildman–Crippen LogP) is 3.69. The molecule has 2 amide bonds. The zero-order chi connectivity index (χ0) is 20.5. The minimum atomic E-state index is -0.565. The van der Waals surface area contributed by atoms with Gasteiger partial charge in [0, 0.05) is 30.0 Å². The fourth-order valence-electron chi connectivity index (χ4n) is 3.67. The van der Waals surface area contributed by atoms with E-state index in [1.807, 2.05) is 42.5 Å². The van der Waals surface area contributed by atoms with Crippen molar-refractivity contribution in [3.05, 3.63) is 80.0 Å². The molecule has 0 aliphatic carbocycles. The first kappa shape index (κ1) is 19.8. The number of carbonyl (C=O) groups excluding carboxylic acids is 2. The van der Waals surface area contributed by atoms with Crippen LogP contribution in [0.15, 0.2) is 58.4 Å². The zero-order valence-electron chi connectivity index (χ0n) is 15.6. The zero-order valence-corrected chi connectivity index (χ0v) is 18.0. The molecule has 7 heteroatoms. The first-order chi connectivity index (χ1) is 13.9. The average molecular weight is 470 g/mol. The van der Waals surface area contributed by atoms with Gasteiger partial charge in [-0.2, -0.15) is 0 Å². The van der Waals surface area contributed by atoms with Crippen molar-refractivity contribution < 1.29 is 9.59 Å². The van der Waals surface area contributed by atoms with E-state index in [9.17, 15) is 9.59 Å². The Hall–Kier alpha value is -2.48. The lowest BCUT2D eigenvalue weighted by atomic mass is 9.96. The first-order valence-electron chi connectivity index (χ1n) is 9.22. The lowest BCUT2D eigenvalue weighted by molar-refractivity contribution is -0.133. The molecule has 0 saturated heterocycles. The number of benzene rings is 2. The Balaban J connectivity index is 1.51. The third kappa shape index (κ3) is 4.12. The summed E-state index contributed by atoms with van der Waals surface area (Å²) in [5.41, 5.74) is 16.1. The molecule has 2 heterocycles. The van der Waals surface area contributed by atoms with E-state index in [2.05, 4.69) is 15.9 Å². The minimum Gasteiger partial charge on any atom is -0.366 e. The van der Waals surface area contributed by atoms with E-state index in [0.717, 1.165) is 30.9 Å². The van der Waals surface area contributed by atoms with Crippen LogP contribution in [0.1, 0.15) is 26.4 Å². The van der Waals surface area contributed by atoms with E-state index in [1.165, 1.54) is 0 Å². The maximum atomic E-state index is 12.9. The van der Waals surface area contributed by atoms with Crippen molar-refractivity contribution in [1.29, 1.82) is 0 Å². The van der Waals surface area contributed by atoms with Gasteiger partial charge in [-0.3, -0.25) is 9.59 Å². The van der Waals surface area contributed by atoms with Crippen LogP contribution in [0.25, 0.3) is 11.1 Å². The highest BCUT2D eigenvalue weighted by molar-refractivity contribution is 9.11. The lowest BCUT2D eigenvalue weighted by Gasteiger charge is -2.20. The minimum absolute atomic E-state index is 0.0511. The van der Waals surface area contributed by atoms with E-state index in [1.54, 1.807) is 28.4 Å². The summed E-state index contributed by atoms with van der Waals surface area (Å²) in [7, 11) is 0. The second-order valence-corrected chi connectivity index (χ2v) is 9.65. The fraction of sp³-hybridized carbons (Fsp3) is 0.182. The molecular weight excluding hydrogens is 450 g/mol. The molecular formula is C22H20BrN3O2S. The van der Waals surface area contributed by atoms with Gasteiger partial charge in [0.05, 0.1) is 9.83 Å². The maximum absolute atomic E-state index is 12.9. The summed E-state index contributed by atoms with van der Waals surface area (Å²) >= 11 is 5.03. The summed E-state index contributed by atoms with van der Waals surface area (Å²) < 4.78 is 1.03. The summed E-state index contributed by atoms with van der Waals surface area (Å²) in [5, 5.41) is 0. The Morgan fingerprint density at radius 3 is 2.55 bits per heavy atom. The van der Waals surface area contributed by atoms with Crippen LogP contribution in [0, 0.1) is 0 Å². The Kier molecular flexibility index (Phi) is 5.54. The molecule has 1 atom stereocenters. The number of nitrogens with zero attached hydrogens (tertiary/aromatic N) is 1. The Morgan fingerprint density at radius 1 is 1.07 bits per heavy atom. The van der Waals surface area contributed by atoms with Crippen LogP contribution < -0.4 is 11.5 Å². The normalized spacial score (nSPS) is 13.9. The van der Waals surface area contributed by atoms with Crippen molar-refractivity contribution in [2.45, 2.75) is 25.6 Å². The molecule has 4 N–H and O–H groups in total. The summed E-state index contributed by atoms with van der Waals surface area (Å²) in [6.07, 6.45) is 0.527. The fourth-order valence-corrected chi connectivity index (χ4v) is 5.21. The van der Waals surface area contributed by atoms with Crippen molar-refractivity contribution in [3.63, 3.8) is 0 Å². The van der Waals surface area contributed by atoms with Crippen molar-refractivity contribution in [2.24, 2.45) is 11.5 Å². The number of amides is 2. The third-order valence-electron chi connectivity index (χ3n) is 5.11. The number of hydrogen-bond acceptors (Lipinski definition) is 4. The second-order valence-electron chi connectivity index (χ2n) is 7.10. The summed E-state index contributed by atoms with van der Waals surface area (Å²) in [4.78, 5) is 27.5. The molecule has 1 aliphatic heterocycles. The van der Waals surface area contributed by atoms with Gasteiger partial charge in [0.15, 0.2) is 0 Å². The third-order valence-corrected chi connectivity index (χ3v) is 6.76. The highest BCUT2D eigenvalue weighted by Gasteiger charge is 2.28. The molecule has 3 aromatic rings. The topological polar surface area (TPSA) is 89.4 Å². The van der Waals surface area contributed by atoms with Gasteiger partial charge in [0.25, 0.3) is 0 Å². The van der Waals surface area contributed by atoms with Crippen LogP contribution in [-0.4, -0.2) is 22.8 Å². The monoisotopic (exact) mass is 469 g/mol. The molecule has 1 aliphatic rings. The number of fused-ring (bicyclic) bond motifs is 1. The molecule has 0 saturated carbocycles. The molecule has 0 fully saturated rings. The van der Waals surface area contributed by atoms with Gasteiger partial charge < -0.3 is 16.4 Å². The molecule has 0 spiro atoms. The van der Waals surface area contributed by atoms with Gasteiger partial charge in [0.1, 0.15) is 0 Å². The highest BCUT2D eigenvalue weighted by atomic mass is 79.9. The molecule has 2 aromatic carbocycles. The maximum Gasteiger partial charge on any atom is 0.249 e. The predicted molar refractivity (Wildman–Crippen MR) is 118 cm³/mol. The number of hydrogen-bond donors (Lipinski definition) is 2. The van der Waals surface area contributed by atoms with Crippen LogP contribution >= 0.6 is 27.3 Å². The summed E-state index contributed by atoms with van der Waals surface area (Å²) in [6, 6.07) is 16.7. The summed E-state index contributed by atoms with van der Waals surface area (Å²) in [5.74, 6) is -0.506. The number of halogens is 1. The quantitative estimate of drug-likeness (QED) is 0.596. The van der Waals surface area contributed by atoms with Gasteiger partial charge in [-0.1, -0.05) is 30.3 Å². The number of nitrogens with two attached hydrogens (primary N) is 2. The van der Waals surface area contributed by atoms with Crippen LogP contribution in [0.4, 0.5) is 0 Å². The van der Waals surface area contributed by atoms with Crippen LogP contribution in [0.2, 0.25) is 0 Å². The van der Waals surface area contributed by atoms with Crippen molar-refractivity contribution in [3.8, 4) is 11.1 Å². The average Bonchev–Trinajstić information content (AvgIpc) is 3.32. The molecule has 5 nitrogen and oxygen atoms in total. The molecule has 29 heavy (non-hydrogen) atoms. The van der Waals surface area contributed by atoms with E-state index < -0.39 is 11.9 Å². The molecule has 4 rings (SSSR count). The lowest BCUT2D eigenvalue weighted by Crippen LogP contribution is -2.42. The standard InChI is InChI=1S/C22H20BrN3O2S/c23-20-8-7-16(29-20)10-19(24)22(28)26-11-14-6-5-13(9-15(14)12-26)17-3-1-2-4-18(17)21(25)27/h1-9,19H,10-12,24H2,(H2,25,27)/t19-/m1/s1. The van der Waals surface area contributed by atoms with Crippen LogP contribution in [0.3, 0.4) is 0 Å². The highest BCUT2D eigenvalue weighted by Crippen LogP contribution is 2.31. The van der Waals surface area contributed by atoms with E-state index in [4.69, 9.17) is 11.5 Å². The second kappa shape index (κ2) is 8.10. The van der Waals surface area contributed by atoms with Crippen molar-refractivity contribution in [1.82, 2.24) is 4.90 Å². The molecule has 0 bridgehead atoms. The van der Waals surface area contributed by atoms with E-state index >= 15 is 0 Å². The van der Waals surface area contributed by atoms with Gasteiger partial charge in [-0.25, -0.2) is 0 Å². The summed E-state index contributed by atoms with van der Waals surface area (Å²) in [6.45, 7) is 1.07. The molecule has 0 unspecified atom stereocenters. The molecule has 148 valence electrons. The SMILES string of the molecule is NC(=O)c1ccccc1-c1ccc2c(c1)CN(C(=O)[C@H](N)Cc1ccc(Br)s1)C2. The van der Waals surface area contributed by atoms with Gasteiger partial charge in [-0.15, -0.1) is 11.3 Å². The van der Waals surface area contributed by atoms with Crippen molar-refractivity contribution in [2.75, 3.05) is 0 Å². The molecule has 1 aromatic heterocycles. The number of primary amides is 1. The van der Waals surface area contributed by atoms with Crippen LogP contribution in [0.5, 0.6) is 0 Å².